The minimum Gasteiger partial charge on any atom is -0.489 e. The molecular formula is C16H21FN2O3. The van der Waals surface area contributed by atoms with E-state index in [-0.39, 0.29) is 17.9 Å². The second-order valence-corrected chi connectivity index (χ2v) is 5.77. The molecule has 120 valence electrons. The Labute approximate surface area is 129 Å². The maximum Gasteiger partial charge on any atom is 0.228 e. The summed E-state index contributed by atoms with van der Waals surface area (Å²) in [5.74, 6) is -0.0904. The first-order valence-corrected chi connectivity index (χ1v) is 7.78. The number of carbonyl (C=O) groups is 1. The molecule has 2 heterocycles. The lowest BCUT2D eigenvalue weighted by molar-refractivity contribution is -0.119. The molecule has 0 spiro atoms. The van der Waals surface area contributed by atoms with Crippen LogP contribution < -0.4 is 15.4 Å². The monoisotopic (exact) mass is 308 g/mol. The van der Waals surface area contributed by atoms with E-state index >= 15 is 0 Å². The lowest BCUT2D eigenvalue weighted by Gasteiger charge is -2.16. The fourth-order valence-corrected chi connectivity index (χ4v) is 2.80. The van der Waals surface area contributed by atoms with Gasteiger partial charge >= 0.3 is 0 Å². The minimum atomic E-state index is -0.399. The predicted molar refractivity (Wildman–Crippen MR) is 80.5 cm³/mol. The molecule has 0 bridgehead atoms. The summed E-state index contributed by atoms with van der Waals surface area (Å²) in [4.78, 5) is 12.2. The Morgan fingerprint density at radius 2 is 2.36 bits per heavy atom. The van der Waals surface area contributed by atoms with E-state index in [0.717, 1.165) is 32.4 Å². The Balaban J connectivity index is 1.65. The number of amides is 1. The molecular weight excluding hydrogens is 287 g/mol. The van der Waals surface area contributed by atoms with Crippen molar-refractivity contribution >= 4 is 11.6 Å². The van der Waals surface area contributed by atoms with Crippen LogP contribution in [0, 0.1) is 11.7 Å². The van der Waals surface area contributed by atoms with E-state index in [2.05, 4.69) is 10.6 Å². The number of ether oxygens (including phenoxy) is 2. The zero-order chi connectivity index (χ0) is 15.4. The molecule has 0 aliphatic carbocycles. The summed E-state index contributed by atoms with van der Waals surface area (Å²) in [6.45, 7) is 2.67. The van der Waals surface area contributed by atoms with Gasteiger partial charge in [0.1, 0.15) is 18.2 Å². The Morgan fingerprint density at radius 3 is 3.09 bits per heavy atom. The maximum atomic E-state index is 13.5. The number of hydrogen-bond donors (Lipinski definition) is 2. The van der Waals surface area contributed by atoms with Crippen LogP contribution in [-0.4, -0.2) is 38.3 Å². The Hall–Kier alpha value is -1.66. The van der Waals surface area contributed by atoms with Crippen molar-refractivity contribution < 1.29 is 18.7 Å². The van der Waals surface area contributed by atoms with E-state index in [4.69, 9.17) is 9.47 Å². The topological polar surface area (TPSA) is 59.6 Å². The molecule has 2 unspecified atom stereocenters. The largest absolute Gasteiger partial charge is 0.489 e. The van der Waals surface area contributed by atoms with Crippen molar-refractivity contribution in [1.82, 2.24) is 5.32 Å². The lowest BCUT2D eigenvalue weighted by atomic mass is 10.1. The highest BCUT2D eigenvalue weighted by Gasteiger charge is 2.24. The van der Waals surface area contributed by atoms with Gasteiger partial charge in [0.15, 0.2) is 0 Å². The molecule has 1 amide bonds. The molecule has 2 atom stereocenters. The van der Waals surface area contributed by atoms with Crippen LogP contribution in [0.15, 0.2) is 18.2 Å². The predicted octanol–water partition coefficient (Wildman–Crippen LogP) is 1.93. The first kappa shape index (κ1) is 15.2. The summed E-state index contributed by atoms with van der Waals surface area (Å²) in [6, 6.07) is 4.18. The molecule has 3 rings (SSSR count). The van der Waals surface area contributed by atoms with Gasteiger partial charge in [-0.2, -0.15) is 0 Å². The zero-order valence-electron chi connectivity index (χ0n) is 12.4. The van der Waals surface area contributed by atoms with Crippen molar-refractivity contribution in [2.24, 2.45) is 5.92 Å². The highest BCUT2D eigenvalue weighted by Crippen LogP contribution is 2.27. The third kappa shape index (κ3) is 3.75. The summed E-state index contributed by atoms with van der Waals surface area (Å²) in [6.07, 6.45) is 2.88. The Kier molecular flexibility index (Phi) is 4.90. The number of rotatable bonds is 5. The Bertz CT molecular complexity index is 526. The second-order valence-electron chi connectivity index (χ2n) is 5.77. The van der Waals surface area contributed by atoms with Crippen LogP contribution in [0.25, 0.3) is 0 Å². The minimum absolute atomic E-state index is 0.0747. The lowest BCUT2D eigenvalue weighted by Crippen LogP contribution is -2.25. The van der Waals surface area contributed by atoms with Gasteiger partial charge in [0, 0.05) is 19.2 Å². The van der Waals surface area contributed by atoms with Crippen molar-refractivity contribution in [3.05, 3.63) is 24.0 Å². The standard InChI is InChI=1S/C16H21FN2O3/c17-12-3-4-15(22-10-13-2-1-7-21-13)14(8-12)19-16(20)11-5-6-18-9-11/h3-4,8,11,13,18H,1-2,5-7,9-10H2,(H,19,20). The molecule has 2 aliphatic heterocycles. The molecule has 6 heteroatoms. The summed E-state index contributed by atoms with van der Waals surface area (Å²) < 4.78 is 24.7. The highest BCUT2D eigenvalue weighted by molar-refractivity contribution is 5.94. The fraction of sp³-hybridized carbons (Fsp3) is 0.562. The van der Waals surface area contributed by atoms with Gasteiger partial charge in [0.25, 0.3) is 0 Å². The van der Waals surface area contributed by atoms with E-state index in [0.29, 0.717) is 24.6 Å². The summed E-state index contributed by atoms with van der Waals surface area (Å²) in [5, 5.41) is 5.93. The van der Waals surface area contributed by atoms with Crippen molar-refractivity contribution in [1.29, 1.82) is 0 Å². The number of halogens is 1. The van der Waals surface area contributed by atoms with Crippen LogP contribution in [0.2, 0.25) is 0 Å². The normalized spacial score (nSPS) is 24.4. The molecule has 1 aromatic carbocycles. The highest BCUT2D eigenvalue weighted by atomic mass is 19.1. The van der Waals surface area contributed by atoms with Crippen LogP contribution in [0.4, 0.5) is 10.1 Å². The molecule has 2 aliphatic rings. The second kappa shape index (κ2) is 7.07. The molecule has 2 N–H and O–H groups in total. The fourth-order valence-electron chi connectivity index (χ4n) is 2.80. The van der Waals surface area contributed by atoms with Crippen molar-refractivity contribution in [3.63, 3.8) is 0 Å². The van der Waals surface area contributed by atoms with Crippen LogP contribution in [0.5, 0.6) is 5.75 Å². The molecule has 2 fully saturated rings. The number of nitrogens with one attached hydrogen (secondary N) is 2. The SMILES string of the molecule is O=C(Nc1cc(F)ccc1OCC1CCCO1)C1CCNC1. The van der Waals surface area contributed by atoms with E-state index in [1.807, 2.05) is 0 Å². The Morgan fingerprint density at radius 1 is 1.45 bits per heavy atom. The number of carbonyl (C=O) groups excluding carboxylic acids is 1. The number of benzene rings is 1. The van der Waals surface area contributed by atoms with Gasteiger partial charge in [-0.3, -0.25) is 4.79 Å². The zero-order valence-corrected chi connectivity index (χ0v) is 12.4. The summed E-state index contributed by atoms with van der Waals surface area (Å²) in [7, 11) is 0. The first-order valence-electron chi connectivity index (χ1n) is 7.78. The van der Waals surface area contributed by atoms with Crippen molar-refractivity contribution in [2.45, 2.75) is 25.4 Å². The van der Waals surface area contributed by atoms with Crippen LogP contribution >= 0.6 is 0 Å². The average Bonchev–Trinajstić information content (AvgIpc) is 3.20. The molecule has 0 saturated carbocycles. The maximum absolute atomic E-state index is 13.5. The average molecular weight is 308 g/mol. The van der Waals surface area contributed by atoms with Gasteiger partial charge in [0.2, 0.25) is 5.91 Å². The van der Waals surface area contributed by atoms with Gasteiger partial charge in [-0.05, 0) is 37.9 Å². The summed E-state index contributed by atoms with van der Waals surface area (Å²) >= 11 is 0. The molecule has 22 heavy (non-hydrogen) atoms. The van der Waals surface area contributed by atoms with Gasteiger partial charge < -0.3 is 20.1 Å². The number of hydrogen-bond acceptors (Lipinski definition) is 4. The molecule has 5 nitrogen and oxygen atoms in total. The van der Waals surface area contributed by atoms with E-state index in [1.165, 1.54) is 12.1 Å². The number of anilines is 1. The van der Waals surface area contributed by atoms with Crippen molar-refractivity contribution in [3.8, 4) is 5.75 Å². The van der Waals surface area contributed by atoms with Gasteiger partial charge in [0.05, 0.1) is 17.7 Å². The smallest absolute Gasteiger partial charge is 0.228 e. The van der Waals surface area contributed by atoms with E-state index in [9.17, 15) is 9.18 Å². The van der Waals surface area contributed by atoms with Gasteiger partial charge in [-0.15, -0.1) is 0 Å². The van der Waals surface area contributed by atoms with Crippen LogP contribution in [-0.2, 0) is 9.53 Å². The third-order valence-electron chi connectivity index (χ3n) is 4.08. The molecule has 2 saturated heterocycles. The quantitative estimate of drug-likeness (QED) is 0.872. The van der Waals surface area contributed by atoms with Gasteiger partial charge in [-0.1, -0.05) is 0 Å². The molecule has 0 aromatic heterocycles. The first-order chi connectivity index (χ1) is 10.7. The van der Waals surface area contributed by atoms with E-state index < -0.39 is 5.82 Å². The summed E-state index contributed by atoms with van der Waals surface area (Å²) in [5.41, 5.74) is 0.384. The van der Waals surface area contributed by atoms with Crippen LogP contribution in [0.3, 0.4) is 0 Å². The third-order valence-corrected chi connectivity index (χ3v) is 4.08. The van der Waals surface area contributed by atoms with E-state index in [1.54, 1.807) is 6.07 Å². The van der Waals surface area contributed by atoms with Crippen molar-refractivity contribution in [2.75, 3.05) is 31.6 Å². The molecule has 0 radical (unpaired) electrons. The van der Waals surface area contributed by atoms with Crippen LogP contribution in [0.1, 0.15) is 19.3 Å². The molecule has 1 aromatic rings. The van der Waals surface area contributed by atoms with Gasteiger partial charge in [-0.25, -0.2) is 4.39 Å².